The average molecular weight is 293 g/mol. The maximum atomic E-state index is 5.39. The lowest BCUT2D eigenvalue weighted by Gasteiger charge is -2.09. The first-order valence-corrected chi connectivity index (χ1v) is 7.36. The van der Waals surface area contributed by atoms with E-state index in [1.807, 2.05) is 18.2 Å². The van der Waals surface area contributed by atoms with E-state index in [4.69, 9.17) is 9.47 Å². The van der Waals surface area contributed by atoms with Gasteiger partial charge in [0.2, 0.25) is 0 Å². The van der Waals surface area contributed by atoms with Crippen LogP contribution in [-0.4, -0.2) is 31.0 Å². The summed E-state index contributed by atoms with van der Waals surface area (Å²) in [7, 11) is 3.28. The molecule has 6 heteroatoms. The van der Waals surface area contributed by atoms with Gasteiger partial charge < -0.3 is 14.8 Å². The molecule has 1 heterocycles. The molecule has 0 atom stereocenters. The Morgan fingerprint density at radius 3 is 2.45 bits per heavy atom. The molecule has 0 fully saturated rings. The number of rotatable bonds is 7. The van der Waals surface area contributed by atoms with E-state index >= 15 is 0 Å². The fourth-order valence-electron chi connectivity index (χ4n) is 1.86. The third-order valence-electron chi connectivity index (χ3n) is 2.81. The van der Waals surface area contributed by atoms with Crippen LogP contribution in [0, 0.1) is 0 Å². The molecule has 0 amide bonds. The molecular weight excluding hydrogens is 274 g/mol. The van der Waals surface area contributed by atoms with Gasteiger partial charge in [0.1, 0.15) is 16.5 Å². The molecule has 1 aromatic carbocycles. The van der Waals surface area contributed by atoms with Gasteiger partial charge in [-0.05, 0) is 25.1 Å². The molecule has 0 unspecified atom stereocenters. The quantitative estimate of drug-likeness (QED) is 0.795. The van der Waals surface area contributed by atoms with Crippen molar-refractivity contribution in [3.63, 3.8) is 0 Å². The van der Waals surface area contributed by atoms with Crippen LogP contribution in [0.4, 0.5) is 0 Å². The lowest BCUT2D eigenvalue weighted by Crippen LogP contribution is -2.13. The maximum absolute atomic E-state index is 5.39. The van der Waals surface area contributed by atoms with Crippen molar-refractivity contribution in [1.29, 1.82) is 0 Å². The van der Waals surface area contributed by atoms with Crippen molar-refractivity contribution in [2.24, 2.45) is 0 Å². The van der Waals surface area contributed by atoms with Gasteiger partial charge in [-0.2, -0.15) is 0 Å². The number of aromatic nitrogens is 2. The molecule has 0 aliphatic heterocycles. The fourth-order valence-corrected chi connectivity index (χ4v) is 2.72. The van der Waals surface area contributed by atoms with E-state index in [2.05, 4.69) is 22.4 Å². The SMILES string of the molecule is CCCNCc1nnc(-c2c(OC)cccc2OC)s1. The van der Waals surface area contributed by atoms with Crippen molar-refractivity contribution < 1.29 is 9.47 Å². The zero-order chi connectivity index (χ0) is 14.4. The van der Waals surface area contributed by atoms with E-state index in [1.54, 1.807) is 25.6 Å². The van der Waals surface area contributed by atoms with E-state index in [0.29, 0.717) is 0 Å². The van der Waals surface area contributed by atoms with Crippen LogP contribution in [0.3, 0.4) is 0 Å². The molecule has 5 nitrogen and oxygen atoms in total. The summed E-state index contributed by atoms with van der Waals surface area (Å²) in [6, 6.07) is 5.69. The summed E-state index contributed by atoms with van der Waals surface area (Å²) in [5, 5.41) is 13.6. The van der Waals surface area contributed by atoms with E-state index in [1.165, 1.54) is 0 Å². The van der Waals surface area contributed by atoms with Gasteiger partial charge in [-0.3, -0.25) is 0 Å². The third kappa shape index (κ3) is 3.26. The number of hydrogen-bond acceptors (Lipinski definition) is 6. The van der Waals surface area contributed by atoms with Gasteiger partial charge in [0.25, 0.3) is 0 Å². The summed E-state index contributed by atoms with van der Waals surface area (Å²) in [6.45, 7) is 3.86. The molecule has 0 radical (unpaired) electrons. The highest BCUT2D eigenvalue weighted by Crippen LogP contribution is 2.39. The summed E-state index contributed by atoms with van der Waals surface area (Å²) in [6.07, 6.45) is 1.10. The van der Waals surface area contributed by atoms with Gasteiger partial charge in [0, 0.05) is 6.54 Å². The Balaban J connectivity index is 2.27. The molecule has 0 saturated carbocycles. The second kappa shape index (κ2) is 7.21. The van der Waals surface area contributed by atoms with E-state index < -0.39 is 0 Å². The van der Waals surface area contributed by atoms with Crippen LogP contribution in [-0.2, 0) is 6.54 Å². The van der Waals surface area contributed by atoms with E-state index in [9.17, 15) is 0 Å². The summed E-state index contributed by atoms with van der Waals surface area (Å²) in [4.78, 5) is 0. The van der Waals surface area contributed by atoms with Gasteiger partial charge in [0.15, 0.2) is 5.01 Å². The molecule has 0 aliphatic carbocycles. The molecule has 108 valence electrons. The minimum atomic E-state index is 0.739. The van der Waals surface area contributed by atoms with Crippen molar-refractivity contribution in [1.82, 2.24) is 15.5 Å². The van der Waals surface area contributed by atoms with Crippen LogP contribution in [0.25, 0.3) is 10.6 Å². The van der Waals surface area contributed by atoms with Crippen LogP contribution in [0.1, 0.15) is 18.4 Å². The van der Waals surface area contributed by atoms with Crippen molar-refractivity contribution in [2.75, 3.05) is 20.8 Å². The summed E-state index contributed by atoms with van der Waals surface area (Å²) < 4.78 is 10.8. The van der Waals surface area contributed by atoms with Crippen molar-refractivity contribution in [3.8, 4) is 22.1 Å². The lowest BCUT2D eigenvalue weighted by atomic mass is 10.2. The van der Waals surface area contributed by atoms with Gasteiger partial charge in [-0.1, -0.05) is 24.3 Å². The topological polar surface area (TPSA) is 56.3 Å². The normalized spacial score (nSPS) is 10.6. The second-order valence-electron chi connectivity index (χ2n) is 4.22. The van der Waals surface area contributed by atoms with Gasteiger partial charge in [0.05, 0.1) is 19.8 Å². The van der Waals surface area contributed by atoms with Crippen LogP contribution < -0.4 is 14.8 Å². The van der Waals surface area contributed by atoms with Crippen LogP contribution in [0.5, 0.6) is 11.5 Å². The highest BCUT2D eigenvalue weighted by molar-refractivity contribution is 7.14. The molecule has 2 aromatic rings. The third-order valence-corrected chi connectivity index (χ3v) is 3.75. The zero-order valence-corrected chi connectivity index (χ0v) is 12.8. The largest absolute Gasteiger partial charge is 0.496 e. The fraction of sp³-hybridized carbons (Fsp3) is 0.429. The molecule has 1 N–H and O–H groups in total. The number of benzene rings is 1. The molecule has 0 saturated heterocycles. The Labute approximate surface area is 123 Å². The Morgan fingerprint density at radius 2 is 1.85 bits per heavy atom. The molecule has 0 spiro atoms. The lowest BCUT2D eigenvalue weighted by molar-refractivity contribution is 0.397. The number of hydrogen-bond donors (Lipinski definition) is 1. The highest BCUT2D eigenvalue weighted by Gasteiger charge is 2.16. The predicted octanol–water partition coefficient (Wildman–Crippen LogP) is 2.72. The van der Waals surface area contributed by atoms with E-state index in [0.717, 1.165) is 46.6 Å². The second-order valence-corrected chi connectivity index (χ2v) is 5.28. The minimum absolute atomic E-state index is 0.739. The molecular formula is C14H19N3O2S. The molecule has 0 aliphatic rings. The van der Waals surface area contributed by atoms with E-state index in [-0.39, 0.29) is 0 Å². The molecule has 1 aromatic heterocycles. The minimum Gasteiger partial charge on any atom is -0.496 e. The highest BCUT2D eigenvalue weighted by atomic mass is 32.1. The summed E-state index contributed by atoms with van der Waals surface area (Å²) in [5.74, 6) is 1.49. The van der Waals surface area contributed by atoms with Crippen LogP contribution in [0.2, 0.25) is 0 Å². The summed E-state index contributed by atoms with van der Waals surface area (Å²) >= 11 is 1.55. The molecule has 2 rings (SSSR count). The van der Waals surface area contributed by atoms with Crippen molar-refractivity contribution in [3.05, 3.63) is 23.2 Å². The van der Waals surface area contributed by atoms with Gasteiger partial charge in [-0.25, -0.2) is 0 Å². The van der Waals surface area contributed by atoms with Gasteiger partial charge >= 0.3 is 0 Å². The van der Waals surface area contributed by atoms with Crippen LogP contribution in [0.15, 0.2) is 18.2 Å². The molecule has 0 bridgehead atoms. The monoisotopic (exact) mass is 293 g/mol. The maximum Gasteiger partial charge on any atom is 0.155 e. The first-order chi connectivity index (χ1) is 9.80. The number of nitrogens with one attached hydrogen (secondary N) is 1. The Bertz CT molecular complexity index is 535. The first kappa shape index (κ1) is 14.7. The van der Waals surface area contributed by atoms with Crippen molar-refractivity contribution >= 4 is 11.3 Å². The number of ether oxygens (including phenoxy) is 2. The average Bonchev–Trinajstić information content (AvgIpc) is 2.95. The Hall–Kier alpha value is -1.66. The zero-order valence-electron chi connectivity index (χ0n) is 12.0. The summed E-state index contributed by atoms with van der Waals surface area (Å²) in [5.41, 5.74) is 0.858. The van der Waals surface area contributed by atoms with Crippen LogP contribution >= 0.6 is 11.3 Å². The van der Waals surface area contributed by atoms with Gasteiger partial charge in [-0.15, -0.1) is 10.2 Å². The Morgan fingerprint density at radius 1 is 1.15 bits per heavy atom. The predicted molar refractivity (Wildman–Crippen MR) is 80.4 cm³/mol. The first-order valence-electron chi connectivity index (χ1n) is 6.54. The number of methoxy groups -OCH3 is 2. The van der Waals surface area contributed by atoms with Crippen molar-refractivity contribution in [2.45, 2.75) is 19.9 Å². The molecule has 20 heavy (non-hydrogen) atoms. The standard InChI is InChI=1S/C14H19N3O2S/c1-4-8-15-9-12-16-17-14(20-12)13-10(18-2)6-5-7-11(13)19-3/h5-7,15H,4,8-9H2,1-3H3. The Kier molecular flexibility index (Phi) is 5.31. The smallest absolute Gasteiger partial charge is 0.155 e. The number of nitrogens with zero attached hydrogens (tertiary/aromatic N) is 2.